The van der Waals surface area contributed by atoms with Crippen LogP contribution >= 0.6 is 0 Å². The summed E-state index contributed by atoms with van der Waals surface area (Å²) in [5.74, 6) is 0. The van der Waals surface area contributed by atoms with Gasteiger partial charge in [0.05, 0.1) is 0 Å². The van der Waals surface area contributed by atoms with Gasteiger partial charge in [-0.3, -0.25) is 4.79 Å². The van der Waals surface area contributed by atoms with Crippen molar-refractivity contribution >= 4 is 6.29 Å². The maximum absolute atomic E-state index is 10.6. The molecule has 1 aliphatic rings. The average molecular weight is 196 g/mol. The highest BCUT2D eigenvalue weighted by molar-refractivity contribution is 5.59. The van der Waals surface area contributed by atoms with Crippen LogP contribution in [0.5, 0.6) is 0 Å². The molecule has 0 aliphatic carbocycles. The van der Waals surface area contributed by atoms with E-state index in [-0.39, 0.29) is 6.17 Å². The van der Waals surface area contributed by atoms with E-state index in [9.17, 15) is 4.79 Å². The lowest BCUT2D eigenvalue weighted by molar-refractivity contribution is -0.109. The summed E-state index contributed by atoms with van der Waals surface area (Å²) in [4.78, 5) is 10.6. The zero-order valence-corrected chi connectivity index (χ0v) is 9.10. The van der Waals surface area contributed by atoms with Crippen molar-refractivity contribution in [2.45, 2.75) is 52.1 Å². The molecule has 80 valence electrons. The highest BCUT2D eigenvalue weighted by Gasteiger charge is 2.19. The number of allylic oxidation sites excluding steroid dienone is 2. The summed E-state index contributed by atoms with van der Waals surface area (Å²) in [6, 6.07) is 0. The highest BCUT2D eigenvalue weighted by Crippen LogP contribution is 2.16. The van der Waals surface area contributed by atoms with Crippen molar-refractivity contribution in [1.29, 1.82) is 0 Å². The first-order chi connectivity index (χ1) is 6.81. The predicted molar refractivity (Wildman–Crippen MR) is 57.6 cm³/mol. The molecule has 1 unspecified atom stereocenters. The van der Waals surface area contributed by atoms with Gasteiger partial charge in [0.1, 0.15) is 0 Å². The fraction of sp³-hybridized carbons (Fsp3) is 0.727. The Hall–Kier alpha value is -0.990. The van der Waals surface area contributed by atoms with Crippen LogP contribution < -0.4 is 10.6 Å². The van der Waals surface area contributed by atoms with Crippen LogP contribution in [0, 0.1) is 0 Å². The first-order valence-electron chi connectivity index (χ1n) is 5.52. The number of carbonyl (C=O) groups is 1. The van der Waals surface area contributed by atoms with Gasteiger partial charge in [-0.1, -0.05) is 26.7 Å². The van der Waals surface area contributed by atoms with Gasteiger partial charge in [0, 0.05) is 11.4 Å². The fourth-order valence-corrected chi connectivity index (χ4v) is 1.74. The normalized spacial score (nSPS) is 20.6. The van der Waals surface area contributed by atoms with Gasteiger partial charge < -0.3 is 10.6 Å². The van der Waals surface area contributed by atoms with Crippen LogP contribution in [0.2, 0.25) is 0 Å². The van der Waals surface area contributed by atoms with Gasteiger partial charge in [-0.2, -0.15) is 0 Å². The minimum absolute atomic E-state index is 0.193. The van der Waals surface area contributed by atoms with Gasteiger partial charge in [0.2, 0.25) is 0 Å². The number of nitrogens with one attached hydrogen (secondary N) is 2. The van der Waals surface area contributed by atoms with Crippen molar-refractivity contribution in [3.63, 3.8) is 0 Å². The molecule has 3 heteroatoms. The van der Waals surface area contributed by atoms with E-state index in [0.29, 0.717) is 0 Å². The zero-order chi connectivity index (χ0) is 10.4. The number of hydrogen-bond donors (Lipinski definition) is 2. The molecule has 1 rings (SSSR count). The van der Waals surface area contributed by atoms with E-state index in [1.165, 1.54) is 30.7 Å². The van der Waals surface area contributed by atoms with Crippen molar-refractivity contribution in [1.82, 2.24) is 10.6 Å². The van der Waals surface area contributed by atoms with E-state index in [1.807, 2.05) is 0 Å². The van der Waals surface area contributed by atoms with E-state index in [2.05, 4.69) is 24.5 Å². The van der Waals surface area contributed by atoms with Crippen LogP contribution in [0.25, 0.3) is 0 Å². The number of unbranched alkanes of at least 4 members (excludes halogenated alkanes) is 2. The molecule has 0 aromatic carbocycles. The van der Waals surface area contributed by atoms with Crippen LogP contribution in [0.4, 0.5) is 0 Å². The molecule has 0 saturated heterocycles. The molecule has 0 bridgehead atoms. The monoisotopic (exact) mass is 196 g/mol. The summed E-state index contributed by atoms with van der Waals surface area (Å²) in [7, 11) is 0. The number of hydrogen-bond acceptors (Lipinski definition) is 3. The van der Waals surface area contributed by atoms with Crippen LogP contribution in [0.3, 0.4) is 0 Å². The Morgan fingerprint density at radius 3 is 2.50 bits per heavy atom. The van der Waals surface area contributed by atoms with Crippen LogP contribution in [-0.2, 0) is 4.79 Å². The quantitative estimate of drug-likeness (QED) is 0.503. The smallest absolute Gasteiger partial charge is 0.162 e. The summed E-state index contributed by atoms with van der Waals surface area (Å²) >= 11 is 0. The van der Waals surface area contributed by atoms with E-state index in [1.54, 1.807) is 0 Å². The summed E-state index contributed by atoms with van der Waals surface area (Å²) < 4.78 is 0. The van der Waals surface area contributed by atoms with Crippen molar-refractivity contribution in [2.24, 2.45) is 0 Å². The molecule has 0 spiro atoms. The summed E-state index contributed by atoms with van der Waals surface area (Å²) in [6.45, 7) is 4.31. The van der Waals surface area contributed by atoms with Gasteiger partial charge >= 0.3 is 0 Å². The van der Waals surface area contributed by atoms with E-state index < -0.39 is 0 Å². The Morgan fingerprint density at radius 1 is 1.21 bits per heavy atom. The van der Waals surface area contributed by atoms with Gasteiger partial charge in [-0.15, -0.1) is 0 Å². The third kappa shape index (κ3) is 2.76. The molecular formula is C11H20N2O. The topological polar surface area (TPSA) is 41.1 Å². The van der Waals surface area contributed by atoms with E-state index in [0.717, 1.165) is 19.1 Å². The van der Waals surface area contributed by atoms with Crippen molar-refractivity contribution in [2.75, 3.05) is 0 Å². The summed E-state index contributed by atoms with van der Waals surface area (Å²) in [6.07, 6.45) is 6.46. The zero-order valence-electron chi connectivity index (χ0n) is 9.10. The Morgan fingerprint density at radius 2 is 1.93 bits per heavy atom. The maximum Gasteiger partial charge on any atom is 0.162 e. The molecule has 0 amide bonds. The minimum atomic E-state index is -0.193. The van der Waals surface area contributed by atoms with Crippen LogP contribution in [0.15, 0.2) is 11.4 Å². The Kier molecular flexibility index (Phi) is 4.50. The van der Waals surface area contributed by atoms with Gasteiger partial charge in [0.25, 0.3) is 0 Å². The third-order valence-corrected chi connectivity index (χ3v) is 2.54. The molecule has 0 saturated carbocycles. The predicted octanol–water partition coefficient (Wildman–Crippen LogP) is 1.91. The Balaban J connectivity index is 2.43. The molecule has 1 aliphatic heterocycles. The van der Waals surface area contributed by atoms with E-state index >= 15 is 0 Å². The molecule has 0 fully saturated rings. The maximum atomic E-state index is 10.6. The summed E-state index contributed by atoms with van der Waals surface area (Å²) in [5.41, 5.74) is 2.44. The molecule has 2 N–H and O–H groups in total. The van der Waals surface area contributed by atoms with Crippen LogP contribution in [-0.4, -0.2) is 12.5 Å². The van der Waals surface area contributed by atoms with Crippen molar-refractivity contribution in [3.05, 3.63) is 11.4 Å². The molecule has 0 aromatic rings. The van der Waals surface area contributed by atoms with Crippen molar-refractivity contribution < 1.29 is 4.79 Å². The largest absolute Gasteiger partial charge is 0.361 e. The average Bonchev–Trinajstić information content (AvgIpc) is 2.61. The third-order valence-electron chi connectivity index (χ3n) is 2.54. The highest BCUT2D eigenvalue weighted by atomic mass is 16.1. The molecule has 1 atom stereocenters. The second-order valence-electron chi connectivity index (χ2n) is 3.67. The molecule has 14 heavy (non-hydrogen) atoms. The summed E-state index contributed by atoms with van der Waals surface area (Å²) in [5, 5.41) is 6.37. The molecule has 3 nitrogen and oxygen atoms in total. The lowest BCUT2D eigenvalue weighted by Crippen LogP contribution is -2.34. The lowest BCUT2D eigenvalue weighted by Gasteiger charge is -2.05. The standard InChI is InChI=1S/C11H20N2O/c1-3-5-6-7-10-9(4-2)12-11(8-14)13-10/h8,11-13H,3-7H2,1-2H3. The molecular weight excluding hydrogens is 176 g/mol. The SMILES string of the molecule is CCCCCC1=C(CC)NC(C=O)N1. The van der Waals surface area contributed by atoms with E-state index in [4.69, 9.17) is 0 Å². The lowest BCUT2D eigenvalue weighted by atomic mass is 10.1. The van der Waals surface area contributed by atoms with Crippen molar-refractivity contribution in [3.8, 4) is 0 Å². The molecule has 0 radical (unpaired) electrons. The van der Waals surface area contributed by atoms with Crippen LogP contribution in [0.1, 0.15) is 46.0 Å². The van der Waals surface area contributed by atoms with Gasteiger partial charge in [-0.25, -0.2) is 0 Å². The molecule has 0 aromatic heterocycles. The Labute approximate surface area is 86.0 Å². The second kappa shape index (κ2) is 5.68. The Bertz CT molecular complexity index is 223. The number of rotatable bonds is 6. The van der Waals surface area contributed by atoms with Gasteiger partial charge in [0.15, 0.2) is 12.5 Å². The second-order valence-corrected chi connectivity index (χ2v) is 3.67. The first kappa shape index (κ1) is 11.1. The number of aldehydes is 1. The minimum Gasteiger partial charge on any atom is -0.361 e. The molecule has 1 heterocycles. The first-order valence-corrected chi connectivity index (χ1v) is 5.52. The van der Waals surface area contributed by atoms with Gasteiger partial charge in [-0.05, 0) is 19.3 Å². The fourth-order valence-electron chi connectivity index (χ4n) is 1.74. The number of carbonyl (C=O) groups excluding carboxylic acids is 1.